The maximum atomic E-state index is 12.4. The Bertz CT molecular complexity index is 688. The summed E-state index contributed by atoms with van der Waals surface area (Å²) in [6.45, 7) is 4.40. The second-order valence-electron chi connectivity index (χ2n) is 6.61. The summed E-state index contributed by atoms with van der Waals surface area (Å²) in [5, 5.41) is 3.06. The Balaban J connectivity index is 0.00000208. The Morgan fingerprint density at radius 3 is 2.46 bits per heavy atom. The molecule has 1 aliphatic carbocycles. The van der Waals surface area contributed by atoms with Gasteiger partial charge in [-0.3, -0.25) is 4.79 Å². The van der Waals surface area contributed by atoms with E-state index in [1.54, 1.807) is 0 Å². The Morgan fingerprint density at radius 1 is 1.12 bits per heavy atom. The number of aryl methyl sites for hydroxylation is 2. The molecule has 0 bridgehead atoms. The van der Waals surface area contributed by atoms with E-state index < -0.39 is 0 Å². The third kappa shape index (κ3) is 4.74. The predicted octanol–water partition coefficient (Wildman–Crippen LogP) is 3.88. The van der Waals surface area contributed by atoms with Crippen molar-refractivity contribution in [2.24, 2.45) is 0 Å². The van der Waals surface area contributed by atoms with E-state index in [4.69, 9.17) is 0 Å². The number of hydrogen-bond acceptors (Lipinski definition) is 1. The first-order valence-corrected chi connectivity index (χ1v) is 8.48. The fourth-order valence-corrected chi connectivity index (χ4v) is 3.50. The molecule has 3 rings (SSSR count). The average Bonchev–Trinajstić information content (AvgIpc) is 3.06. The molecule has 0 saturated heterocycles. The molecule has 2 aromatic rings. The minimum atomic E-state index is 0. The molecule has 4 heteroatoms. The smallest absolute Gasteiger partial charge is 0.290 e. The van der Waals surface area contributed by atoms with Crippen molar-refractivity contribution in [1.82, 2.24) is 0 Å². The number of carbonyl (C=O) groups is 1. The Hall–Kier alpha value is -1.06. The molecule has 1 aromatic heterocycles. The molecule has 24 heavy (non-hydrogen) atoms. The number of nitrogens with zero attached hydrogens (tertiary/aromatic N) is 1. The summed E-state index contributed by atoms with van der Waals surface area (Å²) in [7, 11) is 0. The summed E-state index contributed by atoms with van der Waals surface area (Å²) in [5.41, 5.74) is 4.50. The predicted molar refractivity (Wildman–Crippen MR) is 92.4 cm³/mol. The van der Waals surface area contributed by atoms with E-state index in [9.17, 15) is 4.79 Å². The third-order valence-electron chi connectivity index (χ3n) is 4.78. The Kier molecular flexibility index (Phi) is 7.12. The van der Waals surface area contributed by atoms with Crippen molar-refractivity contribution in [3.63, 3.8) is 0 Å². The van der Waals surface area contributed by atoms with Crippen molar-refractivity contribution in [1.29, 1.82) is 0 Å². The number of anilines is 1. The number of para-hydroxylation sites is 1. The van der Waals surface area contributed by atoms with Gasteiger partial charge >= 0.3 is 0 Å². The molecular weight excluding hydrogens is 373 g/mol. The van der Waals surface area contributed by atoms with Gasteiger partial charge < -0.3 is 5.32 Å². The van der Waals surface area contributed by atoms with Gasteiger partial charge in [-0.15, -0.1) is 0 Å². The Morgan fingerprint density at radius 2 is 1.79 bits per heavy atom. The van der Waals surface area contributed by atoms with Crippen LogP contribution in [0.25, 0.3) is 0 Å². The molecule has 1 heterocycles. The summed E-state index contributed by atoms with van der Waals surface area (Å²) in [4.78, 5) is 12.4. The standard InChI is InChI=1S/C20H24N2O.Y/c1-15-7-5-8-16(2)20(15)21-19(23)14-22-12-6-11-18(13-22)17-9-3-4-10-17;/h5-8,11-13,17H,3-4,9-10,14H2,1-2H3;/p+1. The second-order valence-corrected chi connectivity index (χ2v) is 6.61. The van der Waals surface area contributed by atoms with E-state index in [0.29, 0.717) is 12.5 Å². The van der Waals surface area contributed by atoms with Crippen LogP contribution in [-0.4, -0.2) is 5.91 Å². The van der Waals surface area contributed by atoms with Gasteiger partial charge in [0.15, 0.2) is 12.4 Å². The first-order chi connectivity index (χ1) is 11.1. The molecular formula is C20H25N2OY+. The number of hydrogen-bond donors (Lipinski definition) is 1. The van der Waals surface area contributed by atoms with Crippen molar-refractivity contribution in [3.05, 3.63) is 59.4 Å². The SMILES string of the molecule is Cc1cccc(C)c1NC(=O)C[n+]1cccc(C2CCCC2)c1.[Y]. The molecule has 0 unspecified atom stereocenters. The van der Waals surface area contributed by atoms with Gasteiger partial charge in [0.2, 0.25) is 6.54 Å². The molecule has 1 N–H and O–H groups in total. The quantitative estimate of drug-likeness (QED) is 0.779. The third-order valence-corrected chi connectivity index (χ3v) is 4.78. The van der Waals surface area contributed by atoms with Gasteiger partial charge in [0.25, 0.3) is 5.91 Å². The molecule has 1 radical (unpaired) electrons. The molecule has 0 aliphatic heterocycles. The fraction of sp³-hybridized carbons (Fsp3) is 0.400. The van der Waals surface area contributed by atoms with Crippen LogP contribution in [0.3, 0.4) is 0 Å². The number of carbonyl (C=O) groups excluding carboxylic acids is 1. The van der Waals surface area contributed by atoms with Crippen LogP contribution in [0.4, 0.5) is 5.69 Å². The van der Waals surface area contributed by atoms with Gasteiger partial charge in [0.1, 0.15) is 0 Å². The van der Waals surface area contributed by atoms with Gasteiger partial charge in [-0.05, 0) is 49.8 Å². The van der Waals surface area contributed by atoms with E-state index in [1.165, 1.54) is 31.2 Å². The first-order valence-electron chi connectivity index (χ1n) is 8.48. The van der Waals surface area contributed by atoms with Gasteiger partial charge in [-0.2, -0.15) is 4.57 Å². The molecule has 1 aliphatic rings. The van der Waals surface area contributed by atoms with E-state index >= 15 is 0 Å². The van der Waals surface area contributed by atoms with Gasteiger partial charge in [-0.25, -0.2) is 0 Å². The van der Waals surface area contributed by atoms with E-state index in [1.807, 2.05) is 42.8 Å². The largest absolute Gasteiger partial charge is 0.320 e. The molecule has 0 spiro atoms. The molecule has 123 valence electrons. The van der Waals surface area contributed by atoms with Crippen LogP contribution in [0.1, 0.15) is 48.3 Å². The number of pyridine rings is 1. The molecule has 3 nitrogen and oxygen atoms in total. The summed E-state index contributed by atoms with van der Waals surface area (Å²) in [6, 6.07) is 10.3. The zero-order chi connectivity index (χ0) is 16.2. The van der Waals surface area contributed by atoms with Crippen molar-refractivity contribution in [2.45, 2.75) is 52.0 Å². The summed E-state index contributed by atoms with van der Waals surface area (Å²) < 4.78 is 2.00. The number of benzene rings is 1. The van der Waals surface area contributed by atoms with Crippen LogP contribution in [0.5, 0.6) is 0 Å². The zero-order valence-corrected chi connectivity index (χ0v) is 17.4. The molecule has 1 aromatic carbocycles. The van der Waals surface area contributed by atoms with Crippen molar-refractivity contribution >= 4 is 11.6 Å². The zero-order valence-electron chi connectivity index (χ0n) is 14.6. The number of aromatic nitrogens is 1. The first kappa shape index (κ1) is 19.3. The number of amides is 1. The van der Waals surface area contributed by atoms with Crippen molar-refractivity contribution in [2.75, 3.05) is 5.32 Å². The van der Waals surface area contributed by atoms with Crippen LogP contribution in [0.15, 0.2) is 42.7 Å². The number of rotatable bonds is 4. The summed E-state index contributed by atoms with van der Waals surface area (Å²) in [5.74, 6) is 0.695. The van der Waals surface area contributed by atoms with Crippen LogP contribution in [0, 0.1) is 13.8 Å². The minimum absolute atomic E-state index is 0. The topological polar surface area (TPSA) is 33.0 Å². The van der Waals surface area contributed by atoms with E-state index in [2.05, 4.69) is 23.6 Å². The van der Waals surface area contributed by atoms with Gasteiger partial charge in [-0.1, -0.05) is 31.0 Å². The van der Waals surface area contributed by atoms with E-state index in [-0.39, 0.29) is 38.6 Å². The van der Waals surface area contributed by atoms with Gasteiger partial charge in [0.05, 0.1) is 0 Å². The number of nitrogens with one attached hydrogen (secondary N) is 1. The molecule has 0 atom stereocenters. The van der Waals surface area contributed by atoms with E-state index in [0.717, 1.165) is 16.8 Å². The van der Waals surface area contributed by atoms with Crippen molar-refractivity contribution in [3.8, 4) is 0 Å². The maximum absolute atomic E-state index is 12.4. The Labute approximate surface area is 169 Å². The monoisotopic (exact) mass is 398 g/mol. The van der Waals surface area contributed by atoms with Crippen molar-refractivity contribution < 1.29 is 42.1 Å². The van der Waals surface area contributed by atoms with Gasteiger partial charge in [0, 0.05) is 50.0 Å². The van der Waals surface area contributed by atoms with Crippen LogP contribution >= 0.6 is 0 Å². The maximum Gasteiger partial charge on any atom is 0.290 e. The van der Waals surface area contributed by atoms with Crippen LogP contribution in [-0.2, 0) is 44.0 Å². The fourth-order valence-electron chi connectivity index (χ4n) is 3.50. The van der Waals surface area contributed by atoms with Crippen LogP contribution in [0.2, 0.25) is 0 Å². The average molecular weight is 398 g/mol. The second kappa shape index (κ2) is 8.87. The van der Waals surface area contributed by atoms with Crippen LogP contribution < -0.4 is 9.88 Å². The minimum Gasteiger partial charge on any atom is -0.320 e. The molecule has 1 amide bonds. The summed E-state index contributed by atoms with van der Waals surface area (Å²) in [6.07, 6.45) is 9.32. The summed E-state index contributed by atoms with van der Waals surface area (Å²) >= 11 is 0. The normalized spacial score (nSPS) is 14.2. The molecule has 1 saturated carbocycles. The molecule has 1 fully saturated rings.